The molecule has 0 bridgehead atoms. The number of carbonyl (C=O) groups is 1. The zero-order valence-electron chi connectivity index (χ0n) is 6.61. The van der Waals surface area contributed by atoms with Crippen molar-refractivity contribution < 1.29 is 4.79 Å². The van der Waals surface area contributed by atoms with Crippen molar-refractivity contribution in [3.8, 4) is 0 Å². The van der Waals surface area contributed by atoms with E-state index < -0.39 is 0 Å². The maximum atomic E-state index is 11.3. The third-order valence-electron chi connectivity index (χ3n) is 1.76. The minimum atomic E-state index is -0.0675. The molecule has 12 heavy (non-hydrogen) atoms. The Morgan fingerprint density at radius 1 is 1.67 bits per heavy atom. The maximum absolute atomic E-state index is 11.3. The summed E-state index contributed by atoms with van der Waals surface area (Å²) in [7, 11) is 1.73. The molecule has 0 saturated heterocycles. The van der Waals surface area contributed by atoms with E-state index in [-0.39, 0.29) is 5.91 Å². The Morgan fingerprint density at radius 3 is 3.33 bits per heavy atom. The van der Waals surface area contributed by atoms with Crippen molar-refractivity contribution in [2.75, 3.05) is 6.54 Å². The molecule has 2 rings (SSSR count). The Hall–Kier alpha value is -1.61. The van der Waals surface area contributed by atoms with Crippen molar-refractivity contribution in [3.63, 3.8) is 0 Å². The lowest BCUT2D eigenvalue weighted by Gasteiger charge is -2.06. The number of hydrogen-bond donors (Lipinski definition) is 0. The summed E-state index contributed by atoms with van der Waals surface area (Å²) in [5.41, 5.74) is 1.14. The highest BCUT2D eigenvalue weighted by molar-refractivity contribution is 6.20. The smallest absolute Gasteiger partial charge is 0.262 e. The first-order valence-corrected chi connectivity index (χ1v) is 3.60. The molecule has 0 spiro atoms. The second kappa shape index (κ2) is 2.46. The lowest BCUT2D eigenvalue weighted by atomic mass is 10.3. The van der Waals surface area contributed by atoms with Gasteiger partial charge in [0.1, 0.15) is 0 Å². The summed E-state index contributed by atoms with van der Waals surface area (Å²) >= 11 is 0. The standard InChI is InChI=1S/C7H6BN3O/c8-11-4-5-6(7(11)12)10-3-1-2-9-5/h1,3H,4,8H2. The van der Waals surface area contributed by atoms with Gasteiger partial charge >= 0.3 is 0 Å². The fourth-order valence-corrected chi connectivity index (χ4v) is 1.15. The summed E-state index contributed by atoms with van der Waals surface area (Å²) in [4.78, 5) is 20.9. The van der Waals surface area contributed by atoms with E-state index in [0.29, 0.717) is 17.9 Å². The molecule has 0 unspecified atom stereocenters. The molecular weight excluding hydrogens is 153 g/mol. The van der Waals surface area contributed by atoms with E-state index in [2.05, 4.69) is 15.9 Å². The minimum Gasteiger partial charge on any atom is -0.383 e. The lowest BCUT2D eigenvalue weighted by Crippen LogP contribution is -2.23. The molecule has 0 aromatic carbocycles. The molecule has 1 amide bonds. The molecule has 2 aliphatic heterocycles. The van der Waals surface area contributed by atoms with Gasteiger partial charge in [-0.3, -0.25) is 4.79 Å². The third-order valence-corrected chi connectivity index (χ3v) is 1.76. The Morgan fingerprint density at radius 2 is 2.50 bits per heavy atom. The van der Waals surface area contributed by atoms with E-state index >= 15 is 0 Å². The minimum absolute atomic E-state index is 0.0675. The van der Waals surface area contributed by atoms with Gasteiger partial charge in [-0.15, -0.1) is 0 Å². The maximum Gasteiger partial charge on any atom is 0.262 e. The van der Waals surface area contributed by atoms with Gasteiger partial charge in [0.25, 0.3) is 5.91 Å². The average Bonchev–Trinajstić information content (AvgIpc) is 2.30. The van der Waals surface area contributed by atoms with E-state index in [1.807, 2.05) is 0 Å². The van der Waals surface area contributed by atoms with E-state index in [1.54, 1.807) is 18.9 Å². The molecule has 0 radical (unpaired) electrons. The largest absolute Gasteiger partial charge is 0.383 e. The summed E-state index contributed by atoms with van der Waals surface area (Å²) in [5.74, 6) is 2.61. The molecule has 0 saturated carbocycles. The zero-order chi connectivity index (χ0) is 8.55. The number of rotatable bonds is 0. The van der Waals surface area contributed by atoms with E-state index in [9.17, 15) is 4.79 Å². The SMILES string of the molecule is BN1CC2=C(N=CC=C=N2)C1=O. The number of aliphatic imine (C=N–C) groups is 2. The molecule has 2 heterocycles. The molecule has 0 aliphatic carbocycles. The predicted octanol–water partition coefficient (Wildman–Crippen LogP) is -1.10. The second-order valence-corrected chi connectivity index (χ2v) is 2.64. The Labute approximate surface area is 70.4 Å². The molecule has 5 heteroatoms. The van der Waals surface area contributed by atoms with E-state index in [4.69, 9.17) is 0 Å². The summed E-state index contributed by atoms with van der Waals surface area (Å²) in [6, 6.07) is 0. The van der Waals surface area contributed by atoms with Crippen molar-refractivity contribution in [1.82, 2.24) is 4.81 Å². The van der Waals surface area contributed by atoms with Gasteiger partial charge in [-0.1, -0.05) is 0 Å². The first-order chi connectivity index (χ1) is 5.79. The van der Waals surface area contributed by atoms with Gasteiger partial charge < -0.3 is 4.81 Å². The Kier molecular flexibility index (Phi) is 1.45. The summed E-state index contributed by atoms with van der Waals surface area (Å²) in [6.07, 6.45) is 3.12. The van der Waals surface area contributed by atoms with Crippen LogP contribution < -0.4 is 0 Å². The van der Waals surface area contributed by atoms with Crippen molar-refractivity contribution in [2.45, 2.75) is 0 Å². The lowest BCUT2D eigenvalue weighted by molar-refractivity contribution is -0.121. The normalized spacial score (nSPS) is 20.3. The molecule has 0 aromatic rings. The topological polar surface area (TPSA) is 45.0 Å². The highest BCUT2D eigenvalue weighted by Gasteiger charge is 2.26. The molecular formula is C7H6BN3O. The van der Waals surface area contributed by atoms with Gasteiger partial charge in [-0.25, -0.2) is 9.98 Å². The number of amides is 1. The van der Waals surface area contributed by atoms with Crippen LogP contribution in [0.1, 0.15) is 0 Å². The molecule has 0 fully saturated rings. The number of carbonyl (C=O) groups excluding carboxylic acids is 1. The van der Waals surface area contributed by atoms with E-state index in [1.165, 1.54) is 6.21 Å². The second-order valence-electron chi connectivity index (χ2n) is 2.64. The molecule has 58 valence electrons. The number of allylic oxidation sites excluding steroid dienone is 1. The highest BCUT2D eigenvalue weighted by Crippen LogP contribution is 2.19. The van der Waals surface area contributed by atoms with Gasteiger partial charge in [-0.05, 0) is 5.87 Å². The first kappa shape index (κ1) is 7.07. The monoisotopic (exact) mass is 159 g/mol. The van der Waals surface area contributed by atoms with Crippen molar-refractivity contribution in [1.29, 1.82) is 0 Å². The van der Waals surface area contributed by atoms with Crippen LogP contribution in [0.3, 0.4) is 0 Å². The van der Waals surface area contributed by atoms with Crippen LogP contribution in [0, 0.1) is 0 Å². The van der Waals surface area contributed by atoms with Gasteiger partial charge in [0, 0.05) is 12.3 Å². The van der Waals surface area contributed by atoms with Crippen LogP contribution in [0.2, 0.25) is 0 Å². The average molecular weight is 159 g/mol. The fraction of sp³-hybridized carbons (Fsp3) is 0.143. The zero-order valence-corrected chi connectivity index (χ0v) is 6.61. The molecule has 0 aromatic heterocycles. The predicted molar refractivity (Wildman–Crippen MR) is 47.8 cm³/mol. The summed E-state index contributed by atoms with van der Waals surface area (Å²) in [6.45, 7) is 0.534. The van der Waals surface area contributed by atoms with Gasteiger partial charge in [0.05, 0.1) is 12.2 Å². The Balaban J connectivity index is 2.48. The fourth-order valence-electron chi connectivity index (χ4n) is 1.15. The number of nitrogens with zero attached hydrogens (tertiary/aromatic N) is 3. The van der Waals surface area contributed by atoms with Crippen LogP contribution in [-0.4, -0.2) is 37.3 Å². The van der Waals surface area contributed by atoms with Crippen LogP contribution in [-0.2, 0) is 4.79 Å². The van der Waals surface area contributed by atoms with Crippen LogP contribution >= 0.6 is 0 Å². The molecule has 4 nitrogen and oxygen atoms in total. The van der Waals surface area contributed by atoms with Crippen molar-refractivity contribution in [3.05, 3.63) is 17.5 Å². The van der Waals surface area contributed by atoms with Gasteiger partial charge in [0.15, 0.2) is 5.70 Å². The summed E-state index contributed by atoms with van der Waals surface area (Å²) in [5, 5.41) is 0. The van der Waals surface area contributed by atoms with Gasteiger partial charge in [-0.2, -0.15) is 0 Å². The van der Waals surface area contributed by atoms with Crippen LogP contribution in [0.4, 0.5) is 0 Å². The van der Waals surface area contributed by atoms with Crippen LogP contribution in [0.15, 0.2) is 27.5 Å². The van der Waals surface area contributed by atoms with Gasteiger partial charge in [0.2, 0.25) is 7.98 Å². The Bertz CT molecular complexity index is 363. The number of hydrogen-bond acceptors (Lipinski definition) is 3. The van der Waals surface area contributed by atoms with Crippen LogP contribution in [0.25, 0.3) is 0 Å². The van der Waals surface area contributed by atoms with Crippen molar-refractivity contribution >= 4 is 26.0 Å². The molecule has 0 atom stereocenters. The quantitative estimate of drug-likeness (QED) is 0.413. The molecule has 0 N–H and O–H groups in total. The molecule has 2 aliphatic rings. The third kappa shape index (κ3) is 0.915. The highest BCUT2D eigenvalue weighted by atomic mass is 16.2. The summed E-state index contributed by atoms with van der Waals surface area (Å²) < 4.78 is 0. The van der Waals surface area contributed by atoms with Crippen LogP contribution in [0.5, 0.6) is 0 Å². The first-order valence-electron chi connectivity index (χ1n) is 3.60. The van der Waals surface area contributed by atoms with E-state index in [0.717, 1.165) is 0 Å². The van der Waals surface area contributed by atoms with Crippen molar-refractivity contribution in [2.24, 2.45) is 9.98 Å².